The lowest BCUT2D eigenvalue weighted by Gasteiger charge is -1.91. The van der Waals surface area contributed by atoms with Gasteiger partial charge in [-0.25, -0.2) is 9.98 Å². The number of hydrogen-bond donors (Lipinski definition) is 0. The fourth-order valence-electron chi connectivity index (χ4n) is 0.447. The van der Waals surface area contributed by atoms with Crippen LogP contribution in [0.5, 0.6) is 0 Å². The smallest absolute Gasteiger partial charge is 0.151 e. The maximum atomic E-state index is 4.06. The van der Waals surface area contributed by atoms with Crippen molar-refractivity contribution in [1.82, 2.24) is 0 Å². The van der Waals surface area contributed by atoms with Crippen LogP contribution in [0.1, 0.15) is 6.92 Å². The molecular formula is C9H12N2. The topological polar surface area (TPSA) is 24.7 Å². The third kappa shape index (κ3) is 4.03. The zero-order valence-corrected chi connectivity index (χ0v) is 6.75. The van der Waals surface area contributed by atoms with Gasteiger partial charge in [0.2, 0.25) is 0 Å². The summed E-state index contributed by atoms with van der Waals surface area (Å²) in [5.74, 6) is 0.553. The van der Waals surface area contributed by atoms with Gasteiger partial charge in [0.25, 0.3) is 0 Å². The van der Waals surface area contributed by atoms with Crippen molar-refractivity contribution < 1.29 is 0 Å². The van der Waals surface area contributed by atoms with Crippen molar-refractivity contribution in [2.75, 3.05) is 0 Å². The van der Waals surface area contributed by atoms with Gasteiger partial charge in [0, 0.05) is 11.9 Å². The van der Waals surface area contributed by atoms with Crippen molar-refractivity contribution in [2.24, 2.45) is 9.98 Å². The minimum absolute atomic E-state index is 0.553. The molecule has 11 heavy (non-hydrogen) atoms. The highest BCUT2D eigenvalue weighted by molar-refractivity contribution is 6.06. The van der Waals surface area contributed by atoms with Gasteiger partial charge in [-0.1, -0.05) is 19.7 Å². The van der Waals surface area contributed by atoms with E-state index in [0.717, 1.165) is 5.71 Å². The third-order valence-corrected chi connectivity index (χ3v) is 0.992. The van der Waals surface area contributed by atoms with E-state index < -0.39 is 0 Å². The van der Waals surface area contributed by atoms with Gasteiger partial charge < -0.3 is 0 Å². The molecule has 0 N–H and O–H groups in total. The standard InChI is InChI=1S/C9H12N2/c1-5-8(4)11-9(6-2)10-7-3/h5-7H,1-3H2,4H3. The van der Waals surface area contributed by atoms with E-state index in [1.165, 1.54) is 6.20 Å². The van der Waals surface area contributed by atoms with Gasteiger partial charge >= 0.3 is 0 Å². The first-order valence-electron chi connectivity index (χ1n) is 3.23. The quantitative estimate of drug-likeness (QED) is 0.433. The van der Waals surface area contributed by atoms with E-state index in [1.807, 2.05) is 6.92 Å². The summed E-state index contributed by atoms with van der Waals surface area (Å²) in [7, 11) is 0. The average Bonchev–Trinajstić information content (AvgIpc) is 2.03. The molecule has 0 atom stereocenters. The molecule has 0 amide bonds. The van der Waals surface area contributed by atoms with Crippen LogP contribution in [0.25, 0.3) is 0 Å². The second kappa shape index (κ2) is 5.35. The first-order valence-corrected chi connectivity index (χ1v) is 3.23. The van der Waals surface area contributed by atoms with Crippen molar-refractivity contribution in [2.45, 2.75) is 6.92 Å². The van der Waals surface area contributed by atoms with Crippen LogP contribution in [-0.4, -0.2) is 11.5 Å². The van der Waals surface area contributed by atoms with Crippen LogP contribution >= 0.6 is 0 Å². The van der Waals surface area contributed by atoms with Gasteiger partial charge in [-0.05, 0) is 19.1 Å². The Balaban J connectivity index is 4.53. The summed E-state index contributed by atoms with van der Waals surface area (Å²) < 4.78 is 0. The number of rotatable bonds is 3. The highest BCUT2D eigenvalue weighted by Gasteiger charge is 1.86. The molecule has 0 heterocycles. The molecule has 0 spiro atoms. The molecule has 0 fully saturated rings. The molecular weight excluding hydrogens is 136 g/mol. The maximum absolute atomic E-state index is 4.06. The molecule has 0 aliphatic rings. The summed E-state index contributed by atoms with van der Waals surface area (Å²) in [6, 6.07) is 0. The van der Waals surface area contributed by atoms with Crippen LogP contribution in [-0.2, 0) is 0 Å². The molecule has 0 aromatic carbocycles. The van der Waals surface area contributed by atoms with Crippen LogP contribution in [0, 0.1) is 0 Å². The molecule has 0 aliphatic heterocycles. The number of hydrogen-bond acceptors (Lipinski definition) is 1. The average molecular weight is 148 g/mol. The van der Waals surface area contributed by atoms with Gasteiger partial charge in [0.05, 0.1) is 0 Å². The van der Waals surface area contributed by atoms with Crippen molar-refractivity contribution in [3.8, 4) is 0 Å². The second-order valence-corrected chi connectivity index (χ2v) is 1.83. The van der Waals surface area contributed by atoms with Crippen LogP contribution in [0.2, 0.25) is 0 Å². The van der Waals surface area contributed by atoms with E-state index in [1.54, 1.807) is 12.2 Å². The van der Waals surface area contributed by atoms with E-state index in [-0.39, 0.29) is 0 Å². The van der Waals surface area contributed by atoms with Gasteiger partial charge in [0.1, 0.15) is 0 Å². The van der Waals surface area contributed by atoms with Crippen LogP contribution in [0.4, 0.5) is 0 Å². The zero-order valence-electron chi connectivity index (χ0n) is 6.75. The summed E-state index contributed by atoms with van der Waals surface area (Å²) in [4.78, 5) is 7.92. The van der Waals surface area contributed by atoms with Crippen molar-refractivity contribution in [1.29, 1.82) is 0 Å². The Morgan fingerprint density at radius 2 is 1.82 bits per heavy atom. The van der Waals surface area contributed by atoms with Crippen molar-refractivity contribution in [3.63, 3.8) is 0 Å². The molecule has 0 bridgehead atoms. The summed E-state index contributed by atoms with van der Waals surface area (Å²) in [6.45, 7) is 12.4. The SMILES string of the molecule is C=CN=C(C=C)N=C(C)C=C. The Morgan fingerprint density at radius 1 is 1.18 bits per heavy atom. The summed E-state index contributed by atoms with van der Waals surface area (Å²) >= 11 is 0. The molecule has 2 nitrogen and oxygen atoms in total. The van der Waals surface area contributed by atoms with Gasteiger partial charge in [-0.3, -0.25) is 0 Å². The number of nitrogens with zero attached hydrogens (tertiary/aromatic N) is 2. The lowest BCUT2D eigenvalue weighted by Crippen LogP contribution is -1.92. The molecule has 0 saturated heterocycles. The first-order chi connectivity index (χ1) is 5.24. The first kappa shape index (κ1) is 9.56. The maximum Gasteiger partial charge on any atom is 0.151 e. The lowest BCUT2D eigenvalue weighted by atomic mass is 10.4. The summed E-state index contributed by atoms with van der Waals surface area (Å²) in [5, 5.41) is 0. The highest BCUT2D eigenvalue weighted by Crippen LogP contribution is 1.87. The third-order valence-electron chi connectivity index (χ3n) is 0.992. The molecule has 58 valence electrons. The Labute approximate surface area is 67.4 Å². The van der Waals surface area contributed by atoms with E-state index in [9.17, 15) is 0 Å². The molecule has 0 unspecified atom stereocenters. The summed E-state index contributed by atoms with van der Waals surface area (Å²) in [5.41, 5.74) is 0.811. The Hall–Kier alpha value is -1.44. The fraction of sp³-hybridized carbons (Fsp3) is 0.111. The van der Waals surface area contributed by atoms with Crippen molar-refractivity contribution in [3.05, 3.63) is 38.1 Å². The zero-order chi connectivity index (χ0) is 8.69. The van der Waals surface area contributed by atoms with Gasteiger partial charge in [-0.2, -0.15) is 0 Å². The summed E-state index contributed by atoms with van der Waals surface area (Å²) in [6.07, 6.45) is 4.65. The monoisotopic (exact) mass is 148 g/mol. The number of amidine groups is 1. The number of aliphatic imine (C=N–C) groups is 2. The molecule has 0 aromatic rings. The number of allylic oxidation sites excluding steroid dienone is 1. The predicted molar refractivity (Wildman–Crippen MR) is 51.1 cm³/mol. The van der Waals surface area contributed by atoms with E-state index in [4.69, 9.17) is 0 Å². The van der Waals surface area contributed by atoms with Gasteiger partial charge in [0.15, 0.2) is 5.84 Å². The van der Waals surface area contributed by atoms with Crippen LogP contribution in [0.15, 0.2) is 48.1 Å². The predicted octanol–water partition coefficient (Wildman–Crippen LogP) is 2.36. The van der Waals surface area contributed by atoms with Gasteiger partial charge in [-0.15, -0.1) is 0 Å². The molecule has 0 saturated carbocycles. The Morgan fingerprint density at radius 3 is 2.18 bits per heavy atom. The van der Waals surface area contributed by atoms with E-state index in [2.05, 4.69) is 29.7 Å². The Bertz CT molecular complexity index is 222. The molecule has 2 heteroatoms. The van der Waals surface area contributed by atoms with E-state index >= 15 is 0 Å². The largest absolute Gasteiger partial charge is 0.238 e. The molecule has 0 aliphatic carbocycles. The minimum atomic E-state index is 0.553. The highest BCUT2D eigenvalue weighted by atomic mass is 14.9. The minimum Gasteiger partial charge on any atom is -0.238 e. The lowest BCUT2D eigenvalue weighted by molar-refractivity contribution is 1.51. The normalized spacial score (nSPS) is 12.5. The Kier molecular flexibility index (Phi) is 4.65. The second-order valence-electron chi connectivity index (χ2n) is 1.83. The van der Waals surface area contributed by atoms with E-state index in [0.29, 0.717) is 5.84 Å². The fourth-order valence-corrected chi connectivity index (χ4v) is 0.447. The molecule has 0 aromatic heterocycles. The van der Waals surface area contributed by atoms with Crippen molar-refractivity contribution >= 4 is 11.5 Å². The molecule has 0 radical (unpaired) electrons. The van der Waals surface area contributed by atoms with Crippen LogP contribution in [0.3, 0.4) is 0 Å². The molecule has 0 rings (SSSR count). The van der Waals surface area contributed by atoms with Crippen LogP contribution < -0.4 is 0 Å².